The fourth-order valence-electron chi connectivity index (χ4n) is 3.14. The van der Waals surface area contributed by atoms with Crippen LogP contribution in [-0.2, 0) is 25.7 Å². The number of H-pyrrole nitrogens is 1. The molecule has 0 bridgehead atoms. The van der Waals surface area contributed by atoms with Crippen molar-refractivity contribution in [2.75, 3.05) is 26.3 Å². The number of aromatic amines is 1. The van der Waals surface area contributed by atoms with E-state index in [1.54, 1.807) is 13.0 Å². The molecule has 9 nitrogen and oxygen atoms in total. The zero-order valence-electron chi connectivity index (χ0n) is 16.3. The van der Waals surface area contributed by atoms with Crippen molar-refractivity contribution in [1.82, 2.24) is 20.4 Å². The maximum absolute atomic E-state index is 12.8. The van der Waals surface area contributed by atoms with E-state index >= 15 is 0 Å². The van der Waals surface area contributed by atoms with Gasteiger partial charge in [0.05, 0.1) is 12.3 Å². The molecule has 1 fully saturated rings. The third kappa shape index (κ3) is 6.15. The van der Waals surface area contributed by atoms with Gasteiger partial charge in [0.15, 0.2) is 5.71 Å². The van der Waals surface area contributed by atoms with E-state index in [0.717, 1.165) is 26.1 Å². The largest absolute Gasteiger partial charge is 0.463 e. The monoisotopic (exact) mass is 399 g/mol. The first kappa shape index (κ1) is 20.5. The van der Waals surface area contributed by atoms with E-state index in [4.69, 9.17) is 9.57 Å². The Kier molecular flexibility index (Phi) is 7.34. The molecule has 3 rings (SSSR count). The minimum Gasteiger partial charge on any atom is -0.463 e. The number of aromatic nitrogens is 2. The highest BCUT2D eigenvalue weighted by molar-refractivity contribution is 6.44. The molecule has 154 valence electrons. The van der Waals surface area contributed by atoms with Gasteiger partial charge in [-0.1, -0.05) is 35.5 Å². The molecule has 2 heterocycles. The van der Waals surface area contributed by atoms with Crippen LogP contribution in [0.5, 0.6) is 0 Å². The van der Waals surface area contributed by atoms with Crippen molar-refractivity contribution in [3.63, 3.8) is 0 Å². The summed E-state index contributed by atoms with van der Waals surface area (Å²) < 4.78 is 4.78. The minimum absolute atomic E-state index is 0.00407. The normalized spacial score (nSPS) is 17.1. The molecule has 1 aliphatic rings. The summed E-state index contributed by atoms with van der Waals surface area (Å²) in [5, 5.41) is 13.4. The summed E-state index contributed by atoms with van der Waals surface area (Å²) >= 11 is 0. The van der Waals surface area contributed by atoms with E-state index in [1.807, 2.05) is 18.2 Å². The maximum Gasteiger partial charge on any atom is 0.347 e. The van der Waals surface area contributed by atoms with Crippen LogP contribution >= 0.6 is 0 Å². The third-order valence-corrected chi connectivity index (χ3v) is 4.47. The first-order chi connectivity index (χ1) is 14.2. The molecule has 1 saturated heterocycles. The van der Waals surface area contributed by atoms with E-state index in [9.17, 15) is 9.59 Å². The number of hydrogen-bond acceptors (Lipinski definition) is 7. The molecule has 0 saturated carbocycles. The predicted molar refractivity (Wildman–Crippen MR) is 106 cm³/mol. The fourth-order valence-corrected chi connectivity index (χ4v) is 3.14. The first-order valence-electron chi connectivity index (χ1n) is 9.58. The molecule has 1 atom stereocenters. The summed E-state index contributed by atoms with van der Waals surface area (Å²) in [6.07, 6.45) is 2.36. The molecule has 0 aliphatic carbocycles. The van der Waals surface area contributed by atoms with Crippen LogP contribution in [0.4, 0.5) is 0 Å². The summed E-state index contributed by atoms with van der Waals surface area (Å²) in [5.74, 6) is -0.933. The van der Waals surface area contributed by atoms with E-state index < -0.39 is 5.97 Å². The number of oxime groups is 1. The van der Waals surface area contributed by atoms with Crippen molar-refractivity contribution < 1.29 is 19.2 Å². The second kappa shape index (κ2) is 10.4. The van der Waals surface area contributed by atoms with Crippen molar-refractivity contribution in [2.45, 2.75) is 25.9 Å². The van der Waals surface area contributed by atoms with Gasteiger partial charge in [-0.3, -0.25) is 14.8 Å². The Bertz CT molecular complexity index is 823. The van der Waals surface area contributed by atoms with E-state index in [1.165, 1.54) is 11.8 Å². The second-order valence-corrected chi connectivity index (χ2v) is 6.67. The zero-order chi connectivity index (χ0) is 20.5. The number of benzene rings is 1. The van der Waals surface area contributed by atoms with Gasteiger partial charge in [-0.2, -0.15) is 5.10 Å². The van der Waals surface area contributed by atoms with Gasteiger partial charge in [0.2, 0.25) is 6.61 Å². The highest BCUT2D eigenvalue weighted by Gasteiger charge is 2.26. The average Bonchev–Trinajstić information content (AvgIpc) is 3.39. The van der Waals surface area contributed by atoms with Gasteiger partial charge in [-0.15, -0.1) is 0 Å². The molecule has 29 heavy (non-hydrogen) atoms. The molecule has 0 spiro atoms. The summed E-state index contributed by atoms with van der Waals surface area (Å²) in [7, 11) is 0. The molecule has 2 aromatic rings. The quantitative estimate of drug-likeness (QED) is 0.371. The number of ether oxygens (including phenoxy) is 1. The predicted octanol–water partition coefficient (Wildman–Crippen LogP) is 1.08. The first-order valence-corrected chi connectivity index (χ1v) is 9.58. The van der Waals surface area contributed by atoms with Gasteiger partial charge >= 0.3 is 5.97 Å². The molecule has 1 amide bonds. The molecule has 1 unspecified atom stereocenters. The number of rotatable bonds is 9. The average molecular weight is 399 g/mol. The standard InChI is InChI=1S/C20H25N5O4/c1-2-28-18(26)14-29-24-19(17-8-10-21-23-17)20(27)22-16-9-11-25(13-16)12-15-6-4-3-5-7-15/h3-8,10,16H,2,9,11-14H2,1H3,(H,21,23)(H,22,27)/b24-19+. The Morgan fingerprint density at radius 1 is 1.31 bits per heavy atom. The number of carbonyl (C=O) groups excluding carboxylic acids is 2. The van der Waals surface area contributed by atoms with Crippen LogP contribution in [-0.4, -0.2) is 65.0 Å². The Hall–Kier alpha value is -3.20. The van der Waals surface area contributed by atoms with Crippen LogP contribution in [0.2, 0.25) is 0 Å². The summed E-state index contributed by atoms with van der Waals surface area (Å²) in [6.45, 7) is 4.08. The van der Waals surface area contributed by atoms with E-state index in [2.05, 4.69) is 37.7 Å². The van der Waals surface area contributed by atoms with E-state index in [-0.39, 0.29) is 30.9 Å². The lowest BCUT2D eigenvalue weighted by Crippen LogP contribution is -2.41. The SMILES string of the molecule is CCOC(=O)CO/N=C(/C(=O)NC1CCN(Cc2ccccc2)C1)c1ccn[nH]1. The highest BCUT2D eigenvalue weighted by Crippen LogP contribution is 2.13. The summed E-state index contributed by atoms with van der Waals surface area (Å²) in [4.78, 5) is 31.5. The van der Waals surface area contributed by atoms with Crippen LogP contribution in [0.1, 0.15) is 24.6 Å². The topological polar surface area (TPSA) is 109 Å². The maximum atomic E-state index is 12.8. The minimum atomic E-state index is -0.548. The number of nitrogens with one attached hydrogen (secondary N) is 2. The van der Waals surface area contributed by atoms with Gasteiger partial charge in [0.25, 0.3) is 5.91 Å². The molecular weight excluding hydrogens is 374 g/mol. The number of hydrogen-bond donors (Lipinski definition) is 2. The molecule has 2 N–H and O–H groups in total. The fraction of sp³-hybridized carbons (Fsp3) is 0.400. The zero-order valence-corrected chi connectivity index (χ0v) is 16.3. The van der Waals surface area contributed by atoms with Crippen molar-refractivity contribution in [2.24, 2.45) is 5.16 Å². The molecule has 1 aromatic carbocycles. The van der Waals surface area contributed by atoms with Crippen molar-refractivity contribution >= 4 is 17.6 Å². The molecule has 1 aliphatic heterocycles. The lowest BCUT2D eigenvalue weighted by atomic mass is 10.2. The highest BCUT2D eigenvalue weighted by atomic mass is 16.7. The second-order valence-electron chi connectivity index (χ2n) is 6.67. The lowest BCUT2D eigenvalue weighted by molar-refractivity contribution is -0.148. The summed E-state index contributed by atoms with van der Waals surface area (Å²) in [5.41, 5.74) is 1.69. The lowest BCUT2D eigenvalue weighted by Gasteiger charge is -2.17. The number of likely N-dealkylation sites (tertiary alicyclic amines) is 1. The number of amides is 1. The number of esters is 1. The van der Waals surface area contributed by atoms with Crippen LogP contribution < -0.4 is 5.32 Å². The Labute approximate surface area is 169 Å². The van der Waals surface area contributed by atoms with Crippen molar-refractivity contribution in [3.05, 3.63) is 53.9 Å². The Morgan fingerprint density at radius 2 is 2.14 bits per heavy atom. The van der Waals surface area contributed by atoms with Crippen LogP contribution in [0.3, 0.4) is 0 Å². The van der Waals surface area contributed by atoms with Crippen LogP contribution in [0, 0.1) is 0 Å². The van der Waals surface area contributed by atoms with Gasteiger partial charge in [0.1, 0.15) is 0 Å². The van der Waals surface area contributed by atoms with E-state index in [0.29, 0.717) is 5.69 Å². The molecule has 0 radical (unpaired) electrons. The van der Waals surface area contributed by atoms with Crippen LogP contribution in [0.15, 0.2) is 47.8 Å². The van der Waals surface area contributed by atoms with Crippen molar-refractivity contribution in [1.29, 1.82) is 0 Å². The van der Waals surface area contributed by atoms with Gasteiger partial charge in [-0.25, -0.2) is 4.79 Å². The molecule has 9 heteroatoms. The third-order valence-electron chi connectivity index (χ3n) is 4.47. The Balaban J connectivity index is 1.56. The Morgan fingerprint density at radius 3 is 2.86 bits per heavy atom. The molecular formula is C20H25N5O4. The summed E-state index contributed by atoms with van der Waals surface area (Å²) in [6, 6.07) is 11.8. The van der Waals surface area contributed by atoms with Gasteiger partial charge in [-0.05, 0) is 25.0 Å². The van der Waals surface area contributed by atoms with Gasteiger partial charge in [0, 0.05) is 31.9 Å². The van der Waals surface area contributed by atoms with Gasteiger partial charge < -0.3 is 14.9 Å². The molecule has 1 aromatic heterocycles. The van der Waals surface area contributed by atoms with Crippen molar-refractivity contribution in [3.8, 4) is 0 Å². The smallest absolute Gasteiger partial charge is 0.347 e. The van der Waals surface area contributed by atoms with Crippen LogP contribution in [0.25, 0.3) is 0 Å². The number of nitrogens with zero attached hydrogens (tertiary/aromatic N) is 3. The number of carbonyl (C=O) groups is 2.